The van der Waals surface area contributed by atoms with Gasteiger partial charge < -0.3 is 30.4 Å². The Morgan fingerprint density at radius 3 is 2.35 bits per heavy atom. The van der Waals surface area contributed by atoms with Crippen molar-refractivity contribution in [2.45, 2.75) is 65.0 Å². The standard InChI is InChI=1S/C42H47N3O6S/c1-42(2,3)51-41(48)37(39(43)46)40(47)44-31-16-14-29(15-17-31)38-34(22-28-12-13-30(35(23-28)49-4)25-45-20-8-9-21-45)33-19-18-32(24-36(33)52-38)50-26-27-10-6-5-7-11-27/h5-7,10-19,23-24,37,39,46H,8-9,20-22,25-26,43H2,1-4H3,(H,44,47)/t37-,39?/m0/s1. The Bertz CT molecular complexity index is 2000. The number of rotatable bonds is 13. The predicted octanol–water partition coefficient (Wildman–Crippen LogP) is 7.52. The molecule has 4 aromatic carbocycles. The largest absolute Gasteiger partial charge is 0.496 e. The van der Waals surface area contributed by atoms with E-state index in [0.29, 0.717) is 18.7 Å². The van der Waals surface area contributed by atoms with E-state index in [1.54, 1.807) is 51.4 Å². The van der Waals surface area contributed by atoms with Gasteiger partial charge in [-0.2, -0.15) is 0 Å². The SMILES string of the molecule is COc1cc(Cc2c(-c3ccc(NC(=O)[C@@H](C(=O)OC(C)(C)C)C(N)O)cc3)sc3cc(OCc4ccccc4)ccc23)ccc1CN1CCCC1. The van der Waals surface area contributed by atoms with E-state index in [0.717, 1.165) is 62.8 Å². The molecule has 52 heavy (non-hydrogen) atoms. The van der Waals surface area contributed by atoms with E-state index in [2.05, 4.69) is 40.5 Å². The highest BCUT2D eigenvalue weighted by Crippen LogP contribution is 2.42. The van der Waals surface area contributed by atoms with Crippen LogP contribution in [0.3, 0.4) is 0 Å². The van der Waals surface area contributed by atoms with Crippen molar-refractivity contribution in [3.8, 4) is 21.9 Å². The summed E-state index contributed by atoms with van der Waals surface area (Å²) in [7, 11) is 1.74. The lowest BCUT2D eigenvalue weighted by Gasteiger charge is -2.24. The van der Waals surface area contributed by atoms with E-state index < -0.39 is 29.6 Å². The molecule has 1 fully saturated rings. The van der Waals surface area contributed by atoms with Gasteiger partial charge >= 0.3 is 5.97 Å². The lowest BCUT2D eigenvalue weighted by atomic mass is 9.97. The van der Waals surface area contributed by atoms with Gasteiger partial charge in [0.05, 0.1) is 7.11 Å². The Kier molecular flexibility index (Phi) is 11.6. The maximum atomic E-state index is 13.1. The molecule has 10 heteroatoms. The molecule has 1 saturated heterocycles. The normalized spacial score (nSPS) is 14.6. The minimum Gasteiger partial charge on any atom is -0.496 e. The maximum absolute atomic E-state index is 13.1. The van der Waals surface area contributed by atoms with Crippen molar-refractivity contribution in [2.24, 2.45) is 11.7 Å². The third-order valence-corrected chi connectivity index (χ3v) is 10.3. The third kappa shape index (κ3) is 9.18. The molecule has 1 aliphatic rings. The molecular formula is C42H47N3O6S. The van der Waals surface area contributed by atoms with Crippen molar-refractivity contribution in [3.05, 3.63) is 113 Å². The van der Waals surface area contributed by atoms with E-state index in [1.165, 1.54) is 24.0 Å². The monoisotopic (exact) mass is 721 g/mol. The zero-order chi connectivity index (χ0) is 36.8. The second kappa shape index (κ2) is 16.3. The first-order valence-electron chi connectivity index (χ1n) is 17.7. The summed E-state index contributed by atoms with van der Waals surface area (Å²) in [6.07, 6.45) is 1.45. The Morgan fingerprint density at radius 2 is 1.67 bits per heavy atom. The van der Waals surface area contributed by atoms with Crippen LogP contribution in [0.15, 0.2) is 91.0 Å². The number of thiophene rings is 1. The van der Waals surface area contributed by atoms with Crippen LogP contribution in [0.25, 0.3) is 20.5 Å². The number of fused-ring (bicyclic) bond motifs is 1. The minimum absolute atomic E-state index is 0.459. The number of nitrogens with one attached hydrogen (secondary N) is 1. The number of carbonyl (C=O) groups is 2. The van der Waals surface area contributed by atoms with Gasteiger partial charge in [0.1, 0.15) is 29.9 Å². The van der Waals surface area contributed by atoms with Gasteiger partial charge in [0.2, 0.25) is 5.91 Å². The zero-order valence-corrected chi connectivity index (χ0v) is 31.0. The molecule has 9 nitrogen and oxygen atoms in total. The molecule has 0 spiro atoms. The summed E-state index contributed by atoms with van der Waals surface area (Å²) in [6, 6.07) is 30.3. The van der Waals surface area contributed by atoms with Crippen LogP contribution in [-0.2, 0) is 33.9 Å². The van der Waals surface area contributed by atoms with Crippen molar-refractivity contribution in [1.29, 1.82) is 0 Å². The van der Waals surface area contributed by atoms with Crippen molar-refractivity contribution < 1.29 is 28.9 Å². The van der Waals surface area contributed by atoms with Gasteiger partial charge in [0, 0.05) is 27.4 Å². The zero-order valence-electron chi connectivity index (χ0n) is 30.2. The van der Waals surface area contributed by atoms with E-state index in [4.69, 9.17) is 19.9 Å². The van der Waals surface area contributed by atoms with E-state index in [1.807, 2.05) is 48.5 Å². The Morgan fingerprint density at radius 1 is 0.942 bits per heavy atom. The highest BCUT2D eigenvalue weighted by molar-refractivity contribution is 7.22. The molecule has 1 aromatic heterocycles. The van der Waals surface area contributed by atoms with Crippen LogP contribution in [-0.4, -0.2) is 53.9 Å². The number of amides is 1. The van der Waals surface area contributed by atoms with Crippen LogP contribution in [0.5, 0.6) is 11.5 Å². The number of nitrogens with two attached hydrogens (primary N) is 1. The Hall–Kier alpha value is -4.74. The van der Waals surface area contributed by atoms with Crippen LogP contribution in [0, 0.1) is 5.92 Å². The molecule has 6 rings (SSSR count). The second-order valence-corrected chi connectivity index (χ2v) is 15.3. The van der Waals surface area contributed by atoms with Gasteiger partial charge in [-0.1, -0.05) is 54.6 Å². The van der Waals surface area contributed by atoms with Gasteiger partial charge in [0.15, 0.2) is 5.92 Å². The van der Waals surface area contributed by atoms with Crippen LogP contribution in [0.1, 0.15) is 55.9 Å². The molecule has 0 radical (unpaired) electrons. The number of anilines is 1. The molecular weight excluding hydrogens is 675 g/mol. The molecule has 0 aliphatic carbocycles. The smallest absolute Gasteiger partial charge is 0.323 e. The summed E-state index contributed by atoms with van der Waals surface area (Å²) < 4.78 is 18.5. The Labute approximate surface area is 309 Å². The fourth-order valence-corrected chi connectivity index (χ4v) is 7.73. The van der Waals surface area contributed by atoms with Crippen molar-refractivity contribution >= 4 is 39.0 Å². The number of hydrogen-bond acceptors (Lipinski definition) is 9. The number of benzene rings is 4. The average Bonchev–Trinajstić information content (AvgIpc) is 3.75. The topological polar surface area (TPSA) is 123 Å². The number of aliphatic hydroxyl groups is 1. The number of carbonyl (C=O) groups excluding carboxylic acids is 2. The van der Waals surface area contributed by atoms with Gasteiger partial charge in [-0.25, -0.2) is 0 Å². The first-order chi connectivity index (χ1) is 25.0. The summed E-state index contributed by atoms with van der Waals surface area (Å²) in [5.74, 6) is -1.52. The van der Waals surface area contributed by atoms with Gasteiger partial charge in [-0.15, -0.1) is 11.3 Å². The van der Waals surface area contributed by atoms with E-state index >= 15 is 0 Å². The summed E-state index contributed by atoms with van der Waals surface area (Å²) in [5.41, 5.74) is 10.8. The Balaban J connectivity index is 1.29. The molecule has 5 aromatic rings. The van der Waals surface area contributed by atoms with E-state index in [-0.39, 0.29) is 0 Å². The van der Waals surface area contributed by atoms with Crippen LogP contribution in [0.4, 0.5) is 5.69 Å². The molecule has 2 heterocycles. The summed E-state index contributed by atoms with van der Waals surface area (Å²) in [4.78, 5) is 29.3. The molecule has 1 aliphatic heterocycles. The highest BCUT2D eigenvalue weighted by atomic mass is 32.1. The highest BCUT2D eigenvalue weighted by Gasteiger charge is 2.36. The van der Waals surface area contributed by atoms with Crippen LogP contribution >= 0.6 is 11.3 Å². The fourth-order valence-electron chi connectivity index (χ4n) is 6.48. The minimum atomic E-state index is -1.72. The number of esters is 1. The van der Waals surface area contributed by atoms with Crippen LogP contribution < -0.4 is 20.5 Å². The summed E-state index contributed by atoms with van der Waals surface area (Å²) in [6.45, 7) is 8.65. The van der Waals surface area contributed by atoms with Gasteiger partial charge in [-0.3, -0.25) is 14.5 Å². The van der Waals surface area contributed by atoms with Gasteiger partial charge in [0.25, 0.3) is 0 Å². The van der Waals surface area contributed by atoms with Crippen molar-refractivity contribution in [3.63, 3.8) is 0 Å². The van der Waals surface area contributed by atoms with E-state index in [9.17, 15) is 14.7 Å². The lowest BCUT2D eigenvalue weighted by molar-refractivity contribution is -0.165. The second-order valence-electron chi connectivity index (χ2n) is 14.2. The van der Waals surface area contributed by atoms with Gasteiger partial charge in [-0.05, 0) is 117 Å². The van der Waals surface area contributed by atoms with Crippen LogP contribution in [0.2, 0.25) is 0 Å². The molecule has 2 atom stereocenters. The first kappa shape index (κ1) is 37.0. The number of ether oxygens (including phenoxy) is 3. The van der Waals surface area contributed by atoms with Crippen molar-refractivity contribution in [1.82, 2.24) is 4.90 Å². The van der Waals surface area contributed by atoms with Crippen molar-refractivity contribution in [2.75, 3.05) is 25.5 Å². The quantitative estimate of drug-likeness (QED) is 0.0649. The molecule has 0 bridgehead atoms. The fraction of sp³-hybridized carbons (Fsp3) is 0.333. The lowest BCUT2D eigenvalue weighted by Crippen LogP contribution is -2.46. The number of nitrogens with zero attached hydrogens (tertiary/aromatic N) is 1. The first-order valence-corrected chi connectivity index (χ1v) is 18.5. The predicted molar refractivity (Wildman–Crippen MR) is 207 cm³/mol. The molecule has 1 unspecified atom stereocenters. The average molecular weight is 722 g/mol. The number of hydrogen-bond donors (Lipinski definition) is 3. The maximum Gasteiger partial charge on any atom is 0.323 e. The number of aliphatic hydroxyl groups excluding tert-OH is 1. The summed E-state index contributed by atoms with van der Waals surface area (Å²) in [5, 5.41) is 13.9. The molecule has 0 saturated carbocycles. The number of methoxy groups -OCH3 is 1. The third-order valence-electron chi connectivity index (χ3n) is 9.04. The molecule has 4 N–H and O–H groups in total. The summed E-state index contributed by atoms with van der Waals surface area (Å²) >= 11 is 1.69. The number of likely N-dealkylation sites (tertiary alicyclic amines) is 1. The molecule has 1 amide bonds. The molecule has 272 valence electrons.